The van der Waals surface area contributed by atoms with E-state index in [1.54, 1.807) is 12.1 Å². The van der Waals surface area contributed by atoms with Gasteiger partial charge in [-0.3, -0.25) is 10.1 Å². The molecule has 0 saturated heterocycles. The first-order chi connectivity index (χ1) is 6.68. The molecule has 2 rings (SSSR count). The van der Waals surface area contributed by atoms with Crippen LogP contribution in [0.5, 0.6) is 0 Å². The summed E-state index contributed by atoms with van der Waals surface area (Å²) in [6, 6.07) is 5.56. The molecule has 0 saturated carbocycles. The van der Waals surface area contributed by atoms with Gasteiger partial charge in [-0.1, -0.05) is 12.1 Å². The maximum absolute atomic E-state index is 10.7. The van der Waals surface area contributed by atoms with Gasteiger partial charge in [0.15, 0.2) is 0 Å². The number of nitrogens with one attached hydrogen (secondary N) is 1. The van der Waals surface area contributed by atoms with Gasteiger partial charge in [-0.25, -0.2) is 0 Å². The molecule has 1 heterocycles. The summed E-state index contributed by atoms with van der Waals surface area (Å²) < 4.78 is 0. The van der Waals surface area contributed by atoms with Crippen LogP contribution in [-0.2, 0) is 6.42 Å². The Balaban J connectivity index is 2.48. The Hall–Kier alpha value is -1.58. The molecule has 0 radical (unpaired) electrons. The fraction of sp³-hybridized carbons (Fsp3) is 0.400. The van der Waals surface area contributed by atoms with E-state index in [4.69, 9.17) is 0 Å². The van der Waals surface area contributed by atoms with Gasteiger partial charge in [-0.15, -0.1) is 0 Å². The van der Waals surface area contributed by atoms with E-state index in [1.807, 2.05) is 13.0 Å². The molecule has 0 bridgehead atoms. The Morgan fingerprint density at radius 3 is 3.07 bits per heavy atom. The Kier molecular flexibility index (Phi) is 2.11. The Labute approximate surface area is 82.1 Å². The van der Waals surface area contributed by atoms with E-state index in [9.17, 15) is 10.1 Å². The topological polar surface area (TPSA) is 55.2 Å². The lowest BCUT2D eigenvalue weighted by Gasteiger charge is -2.23. The van der Waals surface area contributed by atoms with Gasteiger partial charge in [0.25, 0.3) is 5.69 Å². The fourth-order valence-electron chi connectivity index (χ4n) is 1.80. The van der Waals surface area contributed by atoms with E-state index < -0.39 is 0 Å². The van der Waals surface area contributed by atoms with Crippen LogP contribution < -0.4 is 5.32 Å². The number of rotatable bonds is 1. The SMILES string of the molecule is CC1CCc2cccc([N+](=O)[O-])c2N1. The molecule has 1 N–H and O–H groups in total. The number of fused-ring (bicyclic) bond motifs is 1. The maximum atomic E-state index is 10.7. The van der Waals surface area contributed by atoms with Crippen LogP contribution in [0.1, 0.15) is 18.9 Å². The monoisotopic (exact) mass is 192 g/mol. The summed E-state index contributed by atoms with van der Waals surface area (Å²) in [6.07, 6.45) is 1.96. The second-order valence-corrected chi connectivity index (χ2v) is 3.65. The van der Waals surface area contributed by atoms with Gasteiger partial charge in [-0.2, -0.15) is 0 Å². The van der Waals surface area contributed by atoms with E-state index in [1.165, 1.54) is 0 Å². The van der Waals surface area contributed by atoms with Crippen LogP contribution in [0.25, 0.3) is 0 Å². The lowest BCUT2D eigenvalue weighted by molar-refractivity contribution is -0.384. The molecular weight excluding hydrogens is 180 g/mol. The van der Waals surface area contributed by atoms with Crippen molar-refractivity contribution >= 4 is 11.4 Å². The molecule has 74 valence electrons. The van der Waals surface area contributed by atoms with Crippen molar-refractivity contribution in [3.05, 3.63) is 33.9 Å². The molecule has 0 fully saturated rings. The van der Waals surface area contributed by atoms with E-state index in [0.29, 0.717) is 11.7 Å². The summed E-state index contributed by atoms with van der Waals surface area (Å²) in [5, 5.41) is 13.9. The van der Waals surface area contributed by atoms with Gasteiger partial charge >= 0.3 is 0 Å². The number of para-hydroxylation sites is 1. The van der Waals surface area contributed by atoms with Crippen molar-refractivity contribution in [3.63, 3.8) is 0 Å². The first-order valence-electron chi connectivity index (χ1n) is 4.71. The van der Waals surface area contributed by atoms with E-state index in [-0.39, 0.29) is 10.6 Å². The van der Waals surface area contributed by atoms with Gasteiger partial charge in [0.05, 0.1) is 4.92 Å². The molecule has 1 aromatic rings. The third-order valence-corrected chi connectivity index (χ3v) is 2.56. The van der Waals surface area contributed by atoms with Crippen molar-refractivity contribution in [1.29, 1.82) is 0 Å². The zero-order valence-corrected chi connectivity index (χ0v) is 7.99. The molecule has 0 aliphatic carbocycles. The largest absolute Gasteiger partial charge is 0.377 e. The Bertz CT molecular complexity index is 376. The summed E-state index contributed by atoms with van der Waals surface area (Å²) in [5.41, 5.74) is 1.95. The van der Waals surface area contributed by atoms with Crippen molar-refractivity contribution in [2.45, 2.75) is 25.8 Å². The van der Waals surface area contributed by atoms with Crippen LogP contribution in [0, 0.1) is 10.1 Å². The van der Waals surface area contributed by atoms with Crippen LogP contribution in [0.15, 0.2) is 18.2 Å². The molecule has 4 heteroatoms. The molecule has 0 amide bonds. The molecule has 4 nitrogen and oxygen atoms in total. The van der Waals surface area contributed by atoms with Crippen LogP contribution in [-0.4, -0.2) is 11.0 Å². The first-order valence-corrected chi connectivity index (χ1v) is 4.71. The molecule has 0 aromatic heterocycles. The molecule has 1 aromatic carbocycles. The minimum atomic E-state index is -0.329. The first kappa shape index (κ1) is 8.99. The normalized spacial score (nSPS) is 19.6. The van der Waals surface area contributed by atoms with E-state index in [0.717, 1.165) is 18.4 Å². The highest BCUT2D eigenvalue weighted by Crippen LogP contribution is 2.33. The number of nitrogens with zero attached hydrogens (tertiary/aromatic N) is 1. The second-order valence-electron chi connectivity index (χ2n) is 3.65. The zero-order valence-electron chi connectivity index (χ0n) is 7.99. The maximum Gasteiger partial charge on any atom is 0.292 e. The summed E-state index contributed by atoms with van der Waals surface area (Å²) in [5.74, 6) is 0. The van der Waals surface area contributed by atoms with Crippen LogP contribution in [0.4, 0.5) is 11.4 Å². The average Bonchev–Trinajstić information content (AvgIpc) is 2.16. The fourth-order valence-corrected chi connectivity index (χ4v) is 1.80. The summed E-state index contributed by atoms with van der Waals surface area (Å²) in [7, 11) is 0. The molecule has 1 aliphatic rings. The molecule has 0 spiro atoms. The molecule has 1 atom stereocenters. The van der Waals surface area contributed by atoms with Gasteiger partial charge in [-0.05, 0) is 25.3 Å². The van der Waals surface area contributed by atoms with Crippen molar-refractivity contribution < 1.29 is 4.92 Å². The van der Waals surface area contributed by atoms with Crippen molar-refractivity contribution in [1.82, 2.24) is 0 Å². The van der Waals surface area contributed by atoms with Crippen LogP contribution in [0.3, 0.4) is 0 Å². The number of aryl methyl sites for hydroxylation is 1. The quantitative estimate of drug-likeness (QED) is 0.548. The minimum absolute atomic E-state index is 0.189. The van der Waals surface area contributed by atoms with Gasteiger partial charge in [0.1, 0.15) is 5.69 Å². The highest BCUT2D eigenvalue weighted by atomic mass is 16.6. The lowest BCUT2D eigenvalue weighted by atomic mass is 9.98. The number of benzene rings is 1. The Morgan fingerprint density at radius 1 is 1.57 bits per heavy atom. The van der Waals surface area contributed by atoms with Crippen molar-refractivity contribution in [2.24, 2.45) is 0 Å². The van der Waals surface area contributed by atoms with Crippen molar-refractivity contribution in [3.8, 4) is 0 Å². The summed E-state index contributed by atoms with van der Waals surface area (Å²) in [4.78, 5) is 10.4. The standard InChI is InChI=1S/C10H12N2O2/c1-7-5-6-8-3-2-4-9(12(13)14)10(8)11-7/h2-4,7,11H,5-6H2,1H3. The highest BCUT2D eigenvalue weighted by molar-refractivity contribution is 5.67. The van der Waals surface area contributed by atoms with Crippen LogP contribution >= 0.6 is 0 Å². The second kappa shape index (κ2) is 3.29. The zero-order chi connectivity index (χ0) is 10.1. The number of nitro groups is 1. The summed E-state index contributed by atoms with van der Waals surface area (Å²) in [6.45, 7) is 2.04. The molecule has 1 aliphatic heterocycles. The number of nitro benzene ring substituents is 1. The predicted octanol–water partition coefficient (Wildman–Crippen LogP) is 2.34. The van der Waals surface area contributed by atoms with Crippen molar-refractivity contribution in [2.75, 3.05) is 5.32 Å². The van der Waals surface area contributed by atoms with Gasteiger partial charge in [0.2, 0.25) is 0 Å². The third-order valence-electron chi connectivity index (χ3n) is 2.56. The number of hydrogen-bond acceptors (Lipinski definition) is 3. The number of hydrogen-bond donors (Lipinski definition) is 1. The number of anilines is 1. The smallest absolute Gasteiger partial charge is 0.292 e. The summed E-state index contributed by atoms with van der Waals surface area (Å²) >= 11 is 0. The highest BCUT2D eigenvalue weighted by Gasteiger charge is 2.22. The lowest BCUT2D eigenvalue weighted by Crippen LogP contribution is -2.22. The molecular formula is C10H12N2O2. The molecule has 1 unspecified atom stereocenters. The molecule has 14 heavy (non-hydrogen) atoms. The van der Waals surface area contributed by atoms with Gasteiger partial charge in [0, 0.05) is 12.1 Å². The predicted molar refractivity (Wildman–Crippen MR) is 54.5 cm³/mol. The van der Waals surface area contributed by atoms with E-state index >= 15 is 0 Å². The Morgan fingerprint density at radius 2 is 2.36 bits per heavy atom. The average molecular weight is 192 g/mol. The van der Waals surface area contributed by atoms with Crippen LogP contribution in [0.2, 0.25) is 0 Å². The van der Waals surface area contributed by atoms with E-state index in [2.05, 4.69) is 5.32 Å². The minimum Gasteiger partial charge on any atom is -0.377 e. The van der Waals surface area contributed by atoms with Gasteiger partial charge < -0.3 is 5.32 Å². The third kappa shape index (κ3) is 1.43.